The fourth-order valence-electron chi connectivity index (χ4n) is 3.51. The van der Waals surface area contributed by atoms with E-state index in [1.165, 1.54) is 42.9 Å². The quantitative estimate of drug-likeness (QED) is 0.602. The summed E-state index contributed by atoms with van der Waals surface area (Å²) in [6, 6.07) is 13.5. The highest BCUT2D eigenvalue weighted by molar-refractivity contribution is 5.93. The number of fused-ring (bicyclic) bond motifs is 4. The van der Waals surface area contributed by atoms with Gasteiger partial charge in [-0.05, 0) is 59.6 Å². The molecule has 0 aromatic heterocycles. The molecule has 2 aromatic carbocycles. The van der Waals surface area contributed by atoms with Crippen molar-refractivity contribution in [3.63, 3.8) is 0 Å². The van der Waals surface area contributed by atoms with Crippen LogP contribution in [0.1, 0.15) is 36.8 Å². The molecule has 0 saturated carbocycles. The van der Waals surface area contributed by atoms with E-state index in [9.17, 15) is 0 Å². The molecule has 2 aliphatic carbocycles. The zero-order chi connectivity index (χ0) is 11.2. The van der Waals surface area contributed by atoms with E-state index in [1.54, 1.807) is 22.3 Å². The van der Waals surface area contributed by atoms with Crippen LogP contribution in [0, 0.1) is 0 Å². The molecule has 0 fully saturated rings. The average molecular weight is 220 g/mol. The van der Waals surface area contributed by atoms with Gasteiger partial charge in [-0.25, -0.2) is 0 Å². The molecule has 4 rings (SSSR count). The smallest absolute Gasteiger partial charge is 0.00488 e. The molecular weight excluding hydrogens is 204 g/mol. The number of allylic oxidation sites excluding steroid dienone is 2. The third-order valence-electron chi connectivity index (χ3n) is 4.34. The predicted octanol–water partition coefficient (Wildman–Crippen LogP) is 4.72. The molecular formula is C17H16. The molecule has 0 bridgehead atoms. The van der Waals surface area contributed by atoms with Gasteiger partial charge in [0, 0.05) is 0 Å². The van der Waals surface area contributed by atoms with Crippen molar-refractivity contribution in [2.45, 2.75) is 32.1 Å². The van der Waals surface area contributed by atoms with Crippen LogP contribution in [-0.2, 0) is 6.42 Å². The summed E-state index contributed by atoms with van der Waals surface area (Å²) in [4.78, 5) is 0. The Labute approximate surface area is 102 Å². The van der Waals surface area contributed by atoms with E-state index in [0.717, 1.165) is 0 Å². The second kappa shape index (κ2) is 3.46. The first-order valence-electron chi connectivity index (χ1n) is 6.65. The zero-order valence-corrected chi connectivity index (χ0v) is 10.00. The van der Waals surface area contributed by atoms with Gasteiger partial charge >= 0.3 is 0 Å². The van der Waals surface area contributed by atoms with E-state index >= 15 is 0 Å². The Balaban J connectivity index is 1.98. The first-order valence-corrected chi connectivity index (χ1v) is 6.65. The molecule has 0 N–H and O–H groups in total. The second-order valence-electron chi connectivity index (χ2n) is 5.28. The molecule has 2 aliphatic rings. The van der Waals surface area contributed by atoms with Gasteiger partial charge < -0.3 is 0 Å². The van der Waals surface area contributed by atoms with Crippen molar-refractivity contribution in [2.75, 3.05) is 0 Å². The van der Waals surface area contributed by atoms with Gasteiger partial charge in [0.05, 0.1) is 0 Å². The second-order valence-corrected chi connectivity index (χ2v) is 5.28. The molecule has 0 heterocycles. The zero-order valence-electron chi connectivity index (χ0n) is 10.00. The van der Waals surface area contributed by atoms with Crippen LogP contribution in [0.2, 0.25) is 0 Å². The van der Waals surface area contributed by atoms with Crippen molar-refractivity contribution >= 4 is 16.3 Å². The van der Waals surface area contributed by atoms with Gasteiger partial charge in [0.1, 0.15) is 0 Å². The van der Waals surface area contributed by atoms with Crippen LogP contribution in [0.3, 0.4) is 0 Å². The molecule has 0 saturated heterocycles. The molecule has 0 unspecified atom stereocenters. The molecule has 0 radical (unpaired) electrons. The van der Waals surface area contributed by atoms with E-state index in [2.05, 4.69) is 36.4 Å². The summed E-state index contributed by atoms with van der Waals surface area (Å²) >= 11 is 0. The number of hydrogen-bond acceptors (Lipinski definition) is 0. The topological polar surface area (TPSA) is 0 Å². The first kappa shape index (κ1) is 9.47. The molecule has 0 amide bonds. The van der Waals surface area contributed by atoms with E-state index < -0.39 is 0 Å². The highest BCUT2D eigenvalue weighted by Crippen LogP contribution is 2.43. The van der Waals surface area contributed by atoms with Gasteiger partial charge in [-0.2, -0.15) is 0 Å². The molecule has 0 aliphatic heterocycles. The molecule has 0 atom stereocenters. The van der Waals surface area contributed by atoms with Crippen LogP contribution >= 0.6 is 0 Å². The Hall–Kier alpha value is -1.56. The molecule has 0 heteroatoms. The van der Waals surface area contributed by atoms with Crippen molar-refractivity contribution in [3.8, 4) is 0 Å². The van der Waals surface area contributed by atoms with Crippen molar-refractivity contribution in [3.05, 3.63) is 53.1 Å². The summed E-state index contributed by atoms with van der Waals surface area (Å²) in [5.74, 6) is 0. The van der Waals surface area contributed by atoms with Crippen LogP contribution in [0.4, 0.5) is 0 Å². The predicted molar refractivity (Wildman–Crippen MR) is 73.0 cm³/mol. The van der Waals surface area contributed by atoms with Crippen LogP contribution in [0.5, 0.6) is 0 Å². The van der Waals surface area contributed by atoms with E-state index in [1.807, 2.05) is 0 Å². The minimum absolute atomic E-state index is 1.21. The van der Waals surface area contributed by atoms with Crippen molar-refractivity contribution in [2.24, 2.45) is 0 Å². The summed E-state index contributed by atoms with van der Waals surface area (Å²) in [6.45, 7) is 0. The standard InChI is InChI=1S/C17H16/c1-3-7-14-12(5-1)9-10-16-15-8-4-2-6-13(15)11-17(14)16/h1,3,5,7,9-10H,2,4,6,8,11H2. The fourth-order valence-corrected chi connectivity index (χ4v) is 3.51. The Kier molecular flexibility index (Phi) is 1.93. The summed E-state index contributed by atoms with van der Waals surface area (Å²) in [6.07, 6.45) is 6.63. The van der Waals surface area contributed by atoms with Gasteiger partial charge in [0.15, 0.2) is 0 Å². The van der Waals surface area contributed by atoms with Crippen LogP contribution in [0.15, 0.2) is 42.0 Å². The maximum absolute atomic E-state index is 2.35. The monoisotopic (exact) mass is 220 g/mol. The maximum Gasteiger partial charge on any atom is -0.00488 e. The van der Waals surface area contributed by atoms with Crippen LogP contribution in [-0.4, -0.2) is 0 Å². The van der Waals surface area contributed by atoms with E-state index in [0.29, 0.717) is 0 Å². The molecule has 17 heavy (non-hydrogen) atoms. The lowest BCUT2D eigenvalue weighted by atomic mass is 9.92. The van der Waals surface area contributed by atoms with Gasteiger partial charge in [0.2, 0.25) is 0 Å². The lowest BCUT2D eigenvalue weighted by Crippen LogP contribution is -1.93. The van der Waals surface area contributed by atoms with Crippen LogP contribution in [0.25, 0.3) is 16.3 Å². The summed E-state index contributed by atoms with van der Waals surface area (Å²) in [7, 11) is 0. The van der Waals surface area contributed by atoms with Crippen molar-refractivity contribution in [1.82, 2.24) is 0 Å². The largest absolute Gasteiger partial charge is 0.0620 e. The van der Waals surface area contributed by atoms with Gasteiger partial charge in [-0.1, -0.05) is 42.0 Å². The highest BCUT2D eigenvalue weighted by Gasteiger charge is 2.24. The minimum atomic E-state index is 1.21. The summed E-state index contributed by atoms with van der Waals surface area (Å²) in [5.41, 5.74) is 6.55. The Morgan fingerprint density at radius 2 is 1.71 bits per heavy atom. The average Bonchev–Trinajstić information content (AvgIpc) is 2.78. The van der Waals surface area contributed by atoms with Crippen molar-refractivity contribution in [1.29, 1.82) is 0 Å². The normalized spacial score (nSPS) is 18.4. The lowest BCUT2D eigenvalue weighted by Gasteiger charge is -2.13. The summed E-state index contributed by atoms with van der Waals surface area (Å²) in [5, 5.41) is 2.87. The van der Waals surface area contributed by atoms with Gasteiger partial charge in [-0.3, -0.25) is 0 Å². The summed E-state index contributed by atoms with van der Waals surface area (Å²) < 4.78 is 0. The van der Waals surface area contributed by atoms with E-state index in [4.69, 9.17) is 0 Å². The molecule has 2 aromatic rings. The number of benzene rings is 2. The number of rotatable bonds is 0. The Bertz CT molecular complexity index is 632. The third kappa shape index (κ3) is 1.30. The Morgan fingerprint density at radius 3 is 2.71 bits per heavy atom. The fraction of sp³-hybridized carbons (Fsp3) is 0.294. The minimum Gasteiger partial charge on any atom is -0.0620 e. The lowest BCUT2D eigenvalue weighted by molar-refractivity contribution is 0.711. The highest BCUT2D eigenvalue weighted by atomic mass is 14.3. The molecule has 0 nitrogen and oxygen atoms in total. The number of hydrogen-bond donors (Lipinski definition) is 0. The molecule has 84 valence electrons. The van der Waals surface area contributed by atoms with Crippen molar-refractivity contribution < 1.29 is 0 Å². The van der Waals surface area contributed by atoms with Gasteiger partial charge in [0.25, 0.3) is 0 Å². The van der Waals surface area contributed by atoms with E-state index in [-0.39, 0.29) is 0 Å². The first-order chi connectivity index (χ1) is 8.43. The third-order valence-corrected chi connectivity index (χ3v) is 4.34. The SMILES string of the molecule is c1ccc2c3c(ccc2c1)C1=C(CCCC1)C3. The Morgan fingerprint density at radius 1 is 0.824 bits per heavy atom. The molecule has 0 spiro atoms. The maximum atomic E-state index is 2.35. The van der Waals surface area contributed by atoms with Gasteiger partial charge in [-0.15, -0.1) is 0 Å². The van der Waals surface area contributed by atoms with Crippen LogP contribution < -0.4 is 0 Å².